The van der Waals surface area contributed by atoms with Crippen molar-refractivity contribution >= 4 is 28.4 Å². The van der Waals surface area contributed by atoms with E-state index in [2.05, 4.69) is 65.8 Å². The molecule has 2 rings (SSSR count). The molecule has 0 fully saturated rings. The van der Waals surface area contributed by atoms with Gasteiger partial charge < -0.3 is 5.32 Å². The van der Waals surface area contributed by atoms with Gasteiger partial charge in [-0.2, -0.15) is 0 Å². The highest BCUT2D eigenvalue weighted by atomic mass is 127. The minimum atomic E-state index is 0.367. The quantitative estimate of drug-likeness (QED) is 0.764. The molecule has 0 radical (unpaired) electrons. The first-order chi connectivity index (χ1) is 9.67. The summed E-state index contributed by atoms with van der Waals surface area (Å²) >= 11 is 2.33. The lowest BCUT2D eigenvalue weighted by Gasteiger charge is -2.15. The molecule has 0 saturated heterocycles. The SMILES string of the molecule is CCNc1nc(C(C)CC)nc(-c2ccccc2)c1I. The zero-order chi connectivity index (χ0) is 14.5. The molecule has 0 aliphatic rings. The molecule has 106 valence electrons. The molecule has 0 amide bonds. The highest BCUT2D eigenvalue weighted by Gasteiger charge is 2.16. The predicted octanol–water partition coefficient (Wildman–Crippen LogP) is 4.69. The molecule has 3 nitrogen and oxygen atoms in total. The van der Waals surface area contributed by atoms with E-state index in [0.717, 1.165) is 39.4 Å². The Bertz CT molecular complexity index is 569. The van der Waals surface area contributed by atoms with Gasteiger partial charge in [0, 0.05) is 18.0 Å². The van der Waals surface area contributed by atoms with Gasteiger partial charge in [0.25, 0.3) is 0 Å². The van der Waals surface area contributed by atoms with E-state index in [1.54, 1.807) is 0 Å². The zero-order valence-electron chi connectivity index (χ0n) is 12.2. The Hall–Kier alpha value is -1.17. The van der Waals surface area contributed by atoms with Crippen molar-refractivity contribution in [3.05, 3.63) is 39.7 Å². The van der Waals surface area contributed by atoms with Gasteiger partial charge in [-0.05, 0) is 35.9 Å². The maximum Gasteiger partial charge on any atom is 0.143 e. The molecule has 1 heterocycles. The first-order valence-corrected chi connectivity index (χ1v) is 8.11. The fourth-order valence-corrected chi connectivity index (χ4v) is 2.68. The van der Waals surface area contributed by atoms with Crippen molar-refractivity contribution in [1.29, 1.82) is 0 Å². The highest BCUT2D eigenvalue weighted by Crippen LogP contribution is 2.30. The molecule has 1 unspecified atom stereocenters. The Morgan fingerprint density at radius 1 is 1.15 bits per heavy atom. The van der Waals surface area contributed by atoms with Crippen LogP contribution < -0.4 is 5.32 Å². The molecular formula is C16H20IN3. The average Bonchev–Trinajstić information content (AvgIpc) is 2.49. The summed E-state index contributed by atoms with van der Waals surface area (Å²) in [5.74, 6) is 2.23. The molecule has 4 heteroatoms. The number of nitrogens with zero attached hydrogens (tertiary/aromatic N) is 2. The zero-order valence-corrected chi connectivity index (χ0v) is 14.3. The van der Waals surface area contributed by atoms with Gasteiger partial charge in [0.2, 0.25) is 0 Å². The van der Waals surface area contributed by atoms with Crippen molar-refractivity contribution in [2.75, 3.05) is 11.9 Å². The summed E-state index contributed by atoms with van der Waals surface area (Å²) in [6.07, 6.45) is 1.04. The van der Waals surface area contributed by atoms with E-state index in [1.165, 1.54) is 0 Å². The number of halogens is 1. The fraction of sp³-hybridized carbons (Fsp3) is 0.375. The molecule has 0 spiro atoms. The summed E-state index contributed by atoms with van der Waals surface area (Å²) < 4.78 is 1.09. The lowest BCUT2D eigenvalue weighted by molar-refractivity contribution is 0.679. The normalized spacial score (nSPS) is 12.2. The minimum absolute atomic E-state index is 0.367. The standard InChI is InChI=1S/C16H20IN3/c1-4-11(3)15-19-14(12-9-7-6-8-10-12)13(17)16(20-15)18-5-2/h6-11H,4-5H2,1-3H3,(H,18,19,20). The van der Waals surface area contributed by atoms with Crippen LogP contribution in [0.4, 0.5) is 5.82 Å². The first-order valence-electron chi connectivity index (χ1n) is 7.04. The van der Waals surface area contributed by atoms with E-state index < -0.39 is 0 Å². The first kappa shape index (κ1) is 15.2. The Balaban J connectivity index is 2.57. The second-order valence-corrected chi connectivity index (χ2v) is 5.88. The van der Waals surface area contributed by atoms with Gasteiger partial charge in [-0.1, -0.05) is 44.2 Å². The van der Waals surface area contributed by atoms with Crippen LogP contribution in [0.5, 0.6) is 0 Å². The van der Waals surface area contributed by atoms with Crippen molar-refractivity contribution in [3.63, 3.8) is 0 Å². The van der Waals surface area contributed by atoms with Gasteiger partial charge in [0.05, 0.1) is 9.26 Å². The number of hydrogen-bond acceptors (Lipinski definition) is 3. The Kier molecular flexibility index (Phi) is 5.34. The number of nitrogens with one attached hydrogen (secondary N) is 1. The third kappa shape index (κ3) is 3.29. The fourth-order valence-electron chi connectivity index (χ4n) is 1.94. The Morgan fingerprint density at radius 2 is 1.85 bits per heavy atom. The van der Waals surface area contributed by atoms with Gasteiger partial charge in [-0.3, -0.25) is 0 Å². The number of rotatable bonds is 5. The van der Waals surface area contributed by atoms with Gasteiger partial charge >= 0.3 is 0 Å². The Morgan fingerprint density at radius 3 is 2.45 bits per heavy atom. The second kappa shape index (κ2) is 7.02. The topological polar surface area (TPSA) is 37.8 Å². The smallest absolute Gasteiger partial charge is 0.143 e. The molecule has 0 aliphatic carbocycles. The van der Waals surface area contributed by atoms with Crippen molar-refractivity contribution in [1.82, 2.24) is 9.97 Å². The number of aromatic nitrogens is 2. The molecule has 1 aromatic carbocycles. The van der Waals surface area contributed by atoms with Crippen LogP contribution in [0, 0.1) is 3.57 Å². The summed E-state index contributed by atoms with van der Waals surface area (Å²) in [7, 11) is 0. The van der Waals surface area contributed by atoms with Gasteiger partial charge in [0.1, 0.15) is 11.6 Å². The molecule has 0 aliphatic heterocycles. The highest BCUT2D eigenvalue weighted by molar-refractivity contribution is 14.1. The third-order valence-electron chi connectivity index (χ3n) is 3.31. The molecule has 1 atom stereocenters. The van der Waals surface area contributed by atoms with Crippen LogP contribution in [0.15, 0.2) is 30.3 Å². The number of hydrogen-bond donors (Lipinski definition) is 1. The molecule has 0 saturated carbocycles. The van der Waals surface area contributed by atoms with Gasteiger partial charge in [0.15, 0.2) is 0 Å². The van der Waals surface area contributed by atoms with Crippen LogP contribution >= 0.6 is 22.6 Å². The molecule has 20 heavy (non-hydrogen) atoms. The lowest BCUT2D eigenvalue weighted by Crippen LogP contribution is -2.09. The Labute approximate surface area is 134 Å². The van der Waals surface area contributed by atoms with Crippen LogP contribution in [-0.2, 0) is 0 Å². The number of anilines is 1. The van der Waals surface area contributed by atoms with E-state index in [9.17, 15) is 0 Å². The molecule has 1 N–H and O–H groups in total. The average molecular weight is 381 g/mol. The lowest BCUT2D eigenvalue weighted by atomic mass is 10.1. The van der Waals surface area contributed by atoms with Gasteiger partial charge in [-0.15, -0.1) is 0 Å². The molecular weight excluding hydrogens is 361 g/mol. The molecule has 1 aromatic heterocycles. The van der Waals surface area contributed by atoms with E-state index in [1.807, 2.05) is 18.2 Å². The van der Waals surface area contributed by atoms with Crippen molar-refractivity contribution < 1.29 is 0 Å². The second-order valence-electron chi connectivity index (χ2n) is 4.80. The van der Waals surface area contributed by atoms with E-state index in [4.69, 9.17) is 4.98 Å². The van der Waals surface area contributed by atoms with Gasteiger partial charge in [-0.25, -0.2) is 9.97 Å². The van der Waals surface area contributed by atoms with Crippen LogP contribution in [0.25, 0.3) is 11.3 Å². The largest absolute Gasteiger partial charge is 0.369 e. The maximum absolute atomic E-state index is 4.80. The summed E-state index contributed by atoms with van der Waals surface area (Å²) in [6.45, 7) is 7.29. The third-order valence-corrected chi connectivity index (χ3v) is 4.33. The van der Waals surface area contributed by atoms with Crippen LogP contribution in [0.2, 0.25) is 0 Å². The van der Waals surface area contributed by atoms with E-state index in [0.29, 0.717) is 5.92 Å². The van der Waals surface area contributed by atoms with Crippen molar-refractivity contribution in [3.8, 4) is 11.3 Å². The van der Waals surface area contributed by atoms with Crippen LogP contribution in [0.3, 0.4) is 0 Å². The van der Waals surface area contributed by atoms with Crippen molar-refractivity contribution in [2.24, 2.45) is 0 Å². The predicted molar refractivity (Wildman–Crippen MR) is 93.1 cm³/mol. The molecule has 0 bridgehead atoms. The number of benzene rings is 1. The summed E-state index contributed by atoms with van der Waals surface area (Å²) in [4.78, 5) is 9.49. The summed E-state index contributed by atoms with van der Waals surface area (Å²) in [5.41, 5.74) is 2.16. The molecule has 2 aromatic rings. The van der Waals surface area contributed by atoms with Crippen molar-refractivity contribution in [2.45, 2.75) is 33.1 Å². The summed E-state index contributed by atoms with van der Waals surface area (Å²) in [5, 5.41) is 3.35. The minimum Gasteiger partial charge on any atom is -0.369 e. The summed E-state index contributed by atoms with van der Waals surface area (Å²) in [6, 6.07) is 10.3. The monoisotopic (exact) mass is 381 g/mol. The van der Waals surface area contributed by atoms with E-state index in [-0.39, 0.29) is 0 Å². The van der Waals surface area contributed by atoms with Crippen LogP contribution in [0.1, 0.15) is 38.9 Å². The van der Waals surface area contributed by atoms with E-state index >= 15 is 0 Å². The van der Waals surface area contributed by atoms with Crippen LogP contribution in [-0.4, -0.2) is 16.5 Å². The maximum atomic E-state index is 4.80.